The maximum absolute atomic E-state index is 11.3. The average molecular weight is 377 g/mol. The van der Waals surface area contributed by atoms with Crippen LogP contribution in [0.25, 0.3) is 6.08 Å². The molecule has 0 spiro atoms. The molecule has 0 saturated carbocycles. The van der Waals surface area contributed by atoms with Crippen molar-refractivity contribution in [2.24, 2.45) is 0 Å². The number of furan rings is 1. The summed E-state index contributed by atoms with van der Waals surface area (Å²) in [5, 5.41) is 0. The van der Waals surface area contributed by atoms with E-state index in [-0.39, 0.29) is 16.6 Å². The van der Waals surface area contributed by atoms with E-state index < -0.39 is 0 Å². The number of benzene rings is 1. The zero-order valence-corrected chi connectivity index (χ0v) is 17.9. The Hall–Kier alpha value is -2.09. The van der Waals surface area contributed by atoms with Crippen molar-refractivity contribution in [1.29, 1.82) is 0 Å². The second-order valence-electron chi connectivity index (χ2n) is 9.95. The summed E-state index contributed by atoms with van der Waals surface area (Å²) in [6.45, 7) is 11.2. The van der Waals surface area contributed by atoms with Gasteiger partial charge in [0.2, 0.25) is 0 Å². The zero-order valence-electron chi connectivity index (χ0n) is 17.9. The van der Waals surface area contributed by atoms with Crippen molar-refractivity contribution in [2.45, 2.75) is 83.5 Å². The van der Waals surface area contributed by atoms with E-state index in [0.717, 1.165) is 30.8 Å². The molecule has 2 aromatic rings. The predicted octanol–water partition coefficient (Wildman–Crippen LogP) is 6.70. The lowest BCUT2D eigenvalue weighted by molar-refractivity contribution is -0.112. The first-order valence-electron chi connectivity index (χ1n) is 10.6. The molecule has 0 saturated heterocycles. The van der Waals surface area contributed by atoms with E-state index in [1.54, 1.807) is 18.6 Å². The van der Waals surface area contributed by atoms with Crippen LogP contribution in [0.1, 0.15) is 100.0 Å². The normalized spacial score (nSPS) is 22.7. The number of hydrogen-bond acceptors (Lipinski definition) is 2. The van der Waals surface area contributed by atoms with Crippen LogP contribution in [0.15, 0.2) is 34.8 Å². The summed E-state index contributed by atoms with van der Waals surface area (Å²) in [5.41, 5.74) is 6.31. The van der Waals surface area contributed by atoms with Crippen molar-refractivity contribution in [1.82, 2.24) is 0 Å². The molecule has 2 aliphatic rings. The van der Waals surface area contributed by atoms with Crippen molar-refractivity contribution >= 4 is 11.9 Å². The SMILES string of the molecule is CC(=O)/C=C/c1cc2c(o1)CCCC2c1cccc2c1C(C)(C)CCC2(C)C. The van der Waals surface area contributed by atoms with Gasteiger partial charge in [-0.05, 0) is 78.3 Å². The first-order chi connectivity index (χ1) is 13.2. The van der Waals surface area contributed by atoms with Gasteiger partial charge in [-0.3, -0.25) is 4.79 Å². The Labute approximate surface area is 169 Å². The summed E-state index contributed by atoms with van der Waals surface area (Å²) in [5.74, 6) is 2.34. The summed E-state index contributed by atoms with van der Waals surface area (Å²) in [4.78, 5) is 11.3. The van der Waals surface area contributed by atoms with E-state index in [0.29, 0.717) is 5.92 Å². The van der Waals surface area contributed by atoms with E-state index in [9.17, 15) is 4.79 Å². The largest absolute Gasteiger partial charge is 0.461 e. The van der Waals surface area contributed by atoms with Crippen LogP contribution in [0.5, 0.6) is 0 Å². The molecule has 0 radical (unpaired) electrons. The number of carbonyl (C=O) groups is 1. The molecule has 2 heteroatoms. The molecule has 1 unspecified atom stereocenters. The smallest absolute Gasteiger partial charge is 0.152 e. The zero-order chi connectivity index (χ0) is 20.1. The van der Waals surface area contributed by atoms with Crippen LogP contribution < -0.4 is 0 Å². The van der Waals surface area contributed by atoms with Crippen molar-refractivity contribution < 1.29 is 9.21 Å². The van der Waals surface area contributed by atoms with Gasteiger partial charge in [0, 0.05) is 17.9 Å². The summed E-state index contributed by atoms with van der Waals surface area (Å²) in [6, 6.07) is 9.11. The first kappa shape index (κ1) is 19.2. The molecule has 1 aromatic heterocycles. The van der Waals surface area contributed by atoms with Crippen LogP contribution in [0, 0.1) is 0 Å². The van der Waals surface area contributed by atoms with Crippen LogP contribution in [0.2, 0.25) is 0 Å². The average Bonchev–Trinajstić information content (AvgIpc) is 3.06. The molecule has 1 aromatic carbocycles. The molecule has 148 valence electrons. The van der Waals surface area contributed by atoms with Crippen molar-refractivity contribution in [3.63, 3.8) is 0 Å². The van der Waals surface area contributed by atoms with E-state index in [4.69, 9.17) is 4.42 Å². The Balaban J connectivity index is 1.84. The monoisotopic (exact) mass is 376 g/mol. The number of fused-ring (bicyclic) bond motifs is 2. The quantitative estimate of drug-likeness (QED) is 0.558. The van der Waals surface area contributed by atoms with Crippen LogP contribution in [-0.4, -0.2) is 5.78 Å². The highest BCUT2D eigenvalue weighted by molar-refractivity contribution is 5.91. The molecule has 0 amide bonds. The Kier molecular flexibility index (Phi) is 4.64. The van der Waals surface area contributed by atoms with E-state index in [1.807, 2.05) is 6.08 Å². The molecule has 0 fully saturated rings. The Morgan fingerprint density at radius 2 is 1.86 bits per heavy atom. The highest BCUT2D eigenvalue weighted by atomic mass is 16.3. The van der Waals surface area contributed by atoms with E-state index in [1.165, 1.54) is 29.5 Å². The maximum atomic E-state index is 11.3. The number of ketones is 1. The molecule has 2 nitrogen and oxygen atoms in total. The van der Waals surface area contributed by atoms with Gasteiger partial charge in [0.1, 0.15) is 11.5 Å². The van der Waals surface area contributed by atoms with Crippen LogP contribution in [0.4, 0.5) is 0 Å². The summed E-state index contributed by atoms with van der Waals surface area (Å²) in [7, 11) is 0. The molecule has 2 aliphatic carbocycles. The van der Waals surface area contributed by atoms with Crippen LogP contribution in [-0.2, 0) is 22.0 Å². The van der Waals surface area contributed by atoms with E-state index >= 15 is 0 Å². The maximum Gasteiger partial charge on any atom is 0.152 e. The predicted molar refractivity (Wildman–Crippen MR) is 115 cm³/mol. The third kappa shape index (κ3) is 3.27. The van der Waals surface area contributed by atoms with Gasteiger partial charge in [-0.1, -0.05) is 45.9 Å². The molecular weight excluding hydrogens is 344 g/mol. The standard InChI is InChI=1S/C26H32O2/c1-17(27)12-13-18-16-21-19(8-7-11-23(21)28-18)20-9-6-10-22-24(20)26(4,5)15-14-25(22,2)3/h6,9-10,12-13,16,19H,7-8,11,14-15H2,1-5H3/b13-12+. The van der Waals surface area contributed by atoms with Gasteiger partial charge < -0.3 is 4.42 Å². The van der Waals surface area contributed by atoms with Gasteiger partial charge in [0.25, 0.3) is 0 Å². The molecule has 28 heavy (non-hydrogen) atoms. The summed E-state index contributed by atoms with van der Waals surface area (Å²) < 4.78 is 6.11. The minimum atomic E-state index is 0.0482. The minimum absolute atomic E-state index is 0.0482. The molecule has 0 aliphatic heterocycles. The van der Waals surface area contributed by atoms with Gasteiger partial charge in [-0.25, -0.2) is 0 Å². The van der Waals surface area contributed by atoms with Crippen LogP contribution >= 0.6 is 0 Å². The second-order valence-corrected chi connectivity index (χ2v) is 9.95. The topological polar surface area (TPSA) is 30.2 Å². The fourth-order valence-electron chi connectivity index (χ4n) is 5.25. The summed E-state index contributed by atoms with van der Waals surface area (Å²) >= 11 is 0. The van der Waals surface area contributed by atoms with E-state index in [2.05, 4.69) is 52.0 Å². The first-order valence-corrected chi connectivity index (χ1v) is 10.6. The molecule has 1 heterocycles. The van der Waals surface area contributed by atoms with Gasteiger partial charge in [0.15, 0.2) is 5.78 Å². The lowest BCUT2D eigenvalue weighted by atomic mass is 9.60. The number of hydrogen-bond donors (Lipinski definition) is 0. The molecule has 0 bridgehead atoms. The number of rotatable bonds is 3. The van der Waals surface area contributed by atoms with Gasteiger partial charge in [-0.2, -0.15) is 0 Å². The second kappa shape index (κ2) is 6.76. The molecule has 0 N–H and O–H groups in total. The minimum Gasteiger partial charge on any atom is -0.461 e. The van der Waals surface area contributed by atoms with Crippen molar-refractivity contribution in [2.75, 3.05) is 0 Å². The Morgan fingerprint density at radius 1 is 1.11 bits per heavy atom. The third-order valence-electron chi connectivity index (χ3n) is 6.87. The van der Waals surface area contributed by atoms with Gasteiger partial charge >= 0.3 is 0 Å². The fraction of sp³-hybridized carbons (Fsp3) is 0.500. The fourth-order valence-corrected chi connectivity index (χ4v) is 5.25. The molecule has 4 rings (SSSR count). The summed E-state index contributed by atoms with van der Waals surface area (Å²) in [6.07, 6.45) is 9.16. The van der Waals surface area contributed by atoms with Crippen molar-refractivity contribution in [3.8, 4) is 0 Å². The number of allylic oxidation sites excluding steroid dienone is 1. The van der Waals surface area contributed by atoms with Crippen molar-refractivity contribution in [3.05, 3.63) is 64.1 Å². The Morgan fingerprint density at radius 3 is 2.61 bits per heavy atom. The third-order valence-corrected chi connectivity index (χ3v) is 6.87. The number of carbonyl (C=O) groups excluding carboxylic acids is 1. The highest BCUT2D eigenvalue weighted by Crippen LogP contribution is 2.50. The van der Waals surface area contributed by atoms with Gasteiger partial charge in [-0.15, -0.1) is 0 Å². The lowest BCUT2D eigenvalue weighted by Crippen LogP contribution is -2.35. The highest BCUT2D eigenvalue weighted by Gasteiger charge is 2.40. The Bertz CT molecular complexity index is 939. The van der Waals surface area contributed by atoms with Gasteiger partial charge in [0.05, 0.1) is 0 Å². The van der Waals surface area contributed by atoms with Crippen LogP contribution in [0.3, 0.4) is 0 Å². The molecular formula is C26H32O2. The molecule has 1 atom stereocenters. The number of aryl methyl sites for hydroxylation is 1. The lowest BCUT2D eigenvalue weighted by Gasteiger charge is -2.44.